The number of rotatable bonds is 6. The van der Waals surface area contributed by atoms with Gasteiger partial charge in [-0.25, -0.2) is 5.43 Å². The van der Waals surface area contributed by atoms with Crippen LogP contribution in [0.2, 0.25) is 0 Å². The van der Waals surface area contributed by atoms with E-state index < -0.39 is 0 Å². The number of nitrogens with zero attached hydrogens (tertiary/aromatic N) is 1. The Hall–Kier alpha value is -2.86. The van der Waals surface area contributed by atoms with Gasteiger partial charge in [-0.2, -0.15) is 5.10 Å². The van der Waals surface area contributed by atoms with Crippen LogP contribution >= 0.6 is 15.9 Å². The van der Waals surface area contributed by atoms with E-state index in [0.29, 0.717) is 5.75 Å². The monoisotopic (exact) mass is 426 g/mol. The number of carbonyl (C=O) groups is 1. The van der Waals surface area contributed by atoms with E-state index in [1.165, 1.54) is 0 Å². The summed E-state index contributed by atoms with van der Waals surface area (Å²) < 4.78 is 11.9. The van der Waals surface area contributed by atoms with Crippen molar-refractivity contribution >= 4 is 38.8 Å². The Morgan fingerprint density at radius 2 is 1.93 bits per heavy atom. The molecule has 138 valence electrons. The number of hydrogen-bond acceptors (Lipinski definition) is 4. The molecular formula is C21H19BrN2O3. The Morgan fingerprint density at radius 3 is 2.67 bits per heavy atom. The maximum absolute atomic E-state index is 11.9. The second-order valence-corrected chi connectivity index (χ2v) is 6.75. The number of ether oxygens (including phenoxy) is 2. The third kappa shape index (κ3) is 4.65. The van der Waals surface area contributed by atoms with Crippen molar-refractivity contribution in [2.75, 3.05) is 13.7 Å². The molecule has 3 aromatic rings. The zero-order valence-electron chi connectivity index (χ0n) is 15.0. The molecule has 0 aromatic heterocycles. The summed E-state index contributed by atoms with van der Waals surface area (Å²) in [5.41, 5.74) is 4.41. The molecule has 0 saturated heterocycles. The van der Waals surface area contributed by atoms with Crippen molar-refractivity contribution in [3.8, 4) is 11.5 Å². The Bertz CT molecular complexity index is 1000. The highest BCUT2D eigenvalue weighted by atomic mass is 79.9. The summed E-state index contributed by atoms with van der Waals surface area (Å²) >= 11 is 3.43. The molecule has 0 aliphatic carbocycles. The van der Waals surface area contributed by atoms with Crippen LogP contribution in [0.3, 0.4) is 0 Å². The largest absolute Gasteiger partial charge is 0.496 e. The van der Waals surface area contributed by atoms with Gasteiger partial charge in [0.25, 0.3) is 5.91 Å². The Kier molecular flexibility index (Phi) is 6.08. The van der Waals surface area contributed by atoms with E-state index in [4.69, 9.17) is 9.47 Å². The number of methoxy groups -OCH3 is 1. The molecule has 3 rings (SSSR count). The molecule has 5 nitrogen and oxygen atoms in total. The van der Waals surface area contributed by atoms with E-state index in [1.54, 1.807) is 19.4 Å². The van der Waals surface area contributed by atoms with Crippen LogP contribution in [-0.2, 0) is 4.79 Å². The number of hydrazone groups is 1. The standard InChI is InChI=1S/C21H19BrN2O3/c1-14-11-16(8-9-19(14)22)27-13-21(25)24-23-12-15-7-10-20(26-2)18-6-4-3-5-17(15)18/h3-12H,13H2,1-2H3,(H,24,25)/b23-12+. The summed E-state index contributed by atoms with van der Waals surface area (Å²) in [5.74, 6) is 1.10. The predicted molar refractivity (Wildman–Crippen MR) is 111 cm³/mol. The van der Waals surface area contributed by atoms with Crippen LogP contribution in [0, 0.1) is 6.92 Å². The number of fused-ring (bicyclic) bond motifs is 1. The number of carbonyl (C=O) groups excluding carboxylic acids is 1. The van der Waals surface area contributed by atoms with E-state index >= 15 is 0 Å². The highest BCUT2D eigenvalue weighted by molar-refractivity contribution is 9.10. The van der Waals surface area contributed by atoms with Crippen LogP contribution < -0.4 is 14.9 Å². The second kappa shape index (κ2) is 8.68. The molecule has 0 spiro atoms. The number of benzene rings is 3. The van der Waals surface area contributed by atoms with E-state index in [2.05, 4.69) is 26.5 Å². The maximum atomic E-state index is 11.9. The van der Waals surface area contributed by atoms with Crippen molar-refractivity contribution < 1.29 is 14.3 Å². The molecular weight excluding hydrogens is 408 g/mol. The third-order valence-corrected chi connectivity index (χ3v) is 4.92. The second-order valence-electron chi connectivity index (χ2n) is 5.90. The highest BCUT2D eigenvalue weighted by Gasteiger charge is 2.05. The summed E-state index contributed by atoms with van der Waals surface area (Å²) in [7, 11) is 1.64. The van der Waals surface area contributed by atoms with Gasteiger partial charge >= 0.3 is 0 Å². The third-order valence-electron chi connectivity index (χ3n) is 4.03. The summed E-state index contributed by atoms with van der Waals surface area (Å²) in [6, 6.07) is 17.2. The van der Waals surface area contributed by atoms with Gasteiger partial charge in [-0.15, -0.1) is 0 Å². The van der Waals surface area contributed by atoms with Gasteiger partial charge in [0.05, 0.1) is 13.3 Å². The molecule has 0 atom stereocenters. The zero-order chi connectivity index (χ0) is 19.2. The van der Waals surface area contributed by atoms with Crippen molar-refractivity contribution in [3.63, 3.8) is 0 Å². The minimum Gasteiger partial charge on any atom is -0.496 e. The number of aryl methyl sites for hydroxylation is 1. The topological polar surface area (TPSA) is 59.9 Å². The first kappa shape index (κ1) is 18.9. The van der Waals surface area contributed by atoms with Gasteiger partial charge in [-0.3, -0.25) is 4.79 Å². The smallest absolute Gasteiger partial charge is 0.277 e. The minimum atomic E-state index is -0.329. The van der Waals surface area contributed by atoms with Crippen LogP contribution in [-0.4, -0.2) is 25.8 Å². The number of amides is 1. The van der Waals surface area contributed by atoms with Gasteiger partial charge in [-0.05, 0) is 48.2 Å². The van der Waals surface area contributed by atoms with Crippen LogP contribution in [0.25, 0.3) is 10.8 Å². The lowest BCUT2D eigenvalue weighted by molar-refractivity contribution is -0.123. The molecule has 27 heavy (non-hydrogen) atoms. The molecule has 1 N–H and O–H groups in total. The minimum absolute atomic E-state index is 0.109. The lowest BCUT2D eigenvalue weighted by Gasteiger charge is -2.08. The van der Waals surface area contributed by atoms with Gasteiger partial charge in [0.1, 0.15) is 11.5 Å². The lowest BCUT2D eigenvalue weighted by Crippen LogP contribution is -2.24. The van der Waals surface area contributed by atoms with Crippen LogP contribution in [0.15, 0.2) is 64.2 Å². The van der Waals surface area contributed by atoms with E-state index in [-0.39, 0.29) is 12.5 Å². The highest BCUT2D eigenvalue weighted by Crippen LogP contribution is 2.27. The fourth-order valence-corrected chi connectivity index (χ4v) is 2.89. The molecule has 0 heterocycles. The van der Waals surface area contributed by atoms with Crippen molar-refractivity contribution in [2.24, 2.45) is 5.10 Å². The molecule has 0 aliphatic rings. The molecule has 0 bridgehead atoms. The first-order chi connectivity index (χ1) is 13.1. The van der Waals surface area contributed by atoms with Crippen molar-refractivity contribution in [2.45, 2.75) is 6.92 Å². The van der Waals surface area contributed by atoms with Gasteiger partial charge in [0.15, 0.2) is 6.61 Å². The van der Waals surface area contributed by atoms with Crippen molar-refractivity contribution in [3.05, 3.63) is 70.2 Å². The normalized spacial score (nSPS) is 10.9. The van der Waals surface area contributed by atoms with E-state index in [9.17, 15) is 4.79 Å². The van der Waals surface area contributed by atoms with Crippen LogP contribution in [0.4, 0.5) is 0 Å². The average Bonchev–Trinajstić information content (AvgIpc) is 2.69. The molecule has 0 unspecified atom stereocenters. The van der Waals surface area contributed by atoms with Gasteiger partial charge in [-0.1, -0.05) is 40.2 Å². The van der Waals surface area contributed by atoms with Crippen LogP contribution in [0.1, 0.15) is 11.1 Å². The first-order valence-corrected chi connectivity index (χ1v) is 9.14. The summed E-state index contributed by atoms with van der Waals surface area (Å²) in [5, 5.41) is 6.02. The van der Waals surface area contributed by atoms with Crippen molar-refractivity contribution in [1.82, 2.24) is 5.43 Å². The lowest BCUT2D eigenvalue weighted by atomic mass is 10.0. The summed E-state index contributed by atoms with van der Waals surface area (Å²) in [6.45, 7) is 1.85. The zero-order valence-corrected chi connectivity index (χ0v) is 16.6. The van der Waals surface area contributed by atoms with E-state index in [1.807, 2.05) is 55.5 Å². The molecule has 0 aliphatic heterocycles. The summed E-state index contributed by atoms with van der Waals surface area (Å²) in [4.78, 5) is 11.9. The fourth-order valence-electron chi connectivity index (χ4n) is 2.65. The van der Waals surface area contributed by atoms with Gasteiger partial charge < -0.3 is 9.47 Å². The molecule has 6 heteroatoms. The molecule has 0 radical (unpaired) electrons. The van der Waals surface area contributed by atoms with Gasteiger partial charge in [0, 0.05) is 15.4 Å². The van der Waals surface area contributed by atoms with Gasteiger partial charge in [0.2, 0.25) is 0 Å². The van der Waals surface area contributed by atoms with E-state index in [0.717, 1.165) is 32.1 Å². The fraction of sp³-hybridized carbons (Fsp3) is 0.143. The molecule has 3 aromatic carbocycles. The molecule has 0 fully saturated rings. The van der Waals surface area contributed by atoms with Crippen molar-refractivity contribution in [1.29, 1.82) is 0 Å². The first-order valence-electron chi connectivity index (χ1n) is 8.35. The summed E-state index contributed by atoms with van der Waals surface area (Å²) in [6.07, 6.45) is 1.61. The predicted octanol–water partition coefficient (Wildman–Crippen LogP) is 4.45. The SMILES string of the molecule is COc1ccc(/C=N/NC(=O)COc2ccc(Br)c(C)c2)c2ccccc12. The Labute approximate surface area is 166 Å². The van der Waals surface area contributed by atoms with Crippen LogP contribution in [0.5, 0.6) is 11.5 Å². The maximum Gasteiger partial charge on any atom is 0.277 e. The molecule has 1 amide bonds. The Balaban J connectivity index is 1.62. The number of hydrogen-bond donors (Lipinski definition) is 1. The molecule has 0 saturated carbocycles. The quantitative estimate of drug-likeness (QED) is 0.467. The number of halogens is 1. The number of nitrogens with one attached hydrogen (secondary N) is 1. The Morgan fingerprint density at radius 1 is 1.15 bits per heavy atom. The average molecular weight is 427 g/mol.